The summed E-state index contributed by atoms with van der Waals surface area (Å²) >= 11 is 0. The Balaban J connectivity index is 3.56. The highest BCUT2D eigenvalue weighted by molar-refractivity contribution is 5.80. The minimum Gasteiger partial charge on any atom is -0.478 e. The van der Waals surface area contributed by atoms with Crippen molar-refractivity contribution < 1.29 is 9.90 Å². The maximum Gasteiger partial charge on any atom is 0.328 e. The van der Waals surface area contributed by atoms with Crippen molar-refractivity contribution in [1.82, 2.24) is 0 Å². The van der Waals surface area contributed by atoms with E-state index in [1.54, 1.807) is 6.08 Å². The number of aliphatic carboxylic acids is 1. The zero-order valence-electron chi connectivity index (χ0n) is 7.23. The van der Waals surface area contributed by atoms with Crippen LogP contribution < -0.4 is 0 Å². The lowest BCUT2D eigenvalue weighted by Crippen LogP contribution is -1.84. The van der Waals surface area contributed by atoms with Crippen LogP contribution in [0.3, 0.4) is 0 Å². The number of carboxylic acid groups (broad SMARTS) is 1. The summed E-state index contributed by atoms with van der Waals surface area (Å²) in [5, 5.41) is 8.22. The highest BCUT2D eigenvalue weighted by atomic mass is 16.4. The standard InChI is InChI=1S/C10H14O2/c1-2-3-4-5-6-7-8-9-10(11)12/h4-9H,2-3H2,1H3,(H,11,12)/b5-4-,7-6?,9-8?. The first-order valence-corrected chi connectivity index (χ1v) is 4.00. The van der Waals surface area contributed by atoms with Crippen LogP contribution in [-0.4, -0.2) is 11.1 Å². The third-order valence-electron chi connectivity index (χ3n) is 1.16. The summed E-state index contributed by atoms with van der Waals surface area (Å²) in [5.41, 5.74) is 0. The molecule has 0 radical (unpaired) electrons. The topological polar surface area (TPSA) is 37.3 Å². The van der Waals surface area contributed by atoms with Crippen LogP contribution in [0.15, 0.2) is 36.5 Å². The van der Waals surface area contributed by atoms with Gasteiger partial charge in [0, 0.05) is 6.08 Å². The van der Waals surface area contributed by atoms with Crippen molar-refractivity contribution in [2.45, 2.75) is 19.8 Å². The fourth-order valence-electron chi connectivity index (χ4n) is 0.608. The van der Waals surface area contributed by atoms with Crippen LogP contribution in [0.1, 0.15) is 19.8 Å². The molecular weight excluding hydrogens is 152 g/mol. The number of carboxylic acids is 1. The van der Waals surface area contributed by atoms with E-state index in [1.165, 1.54) is 6.08 Å². The molecule has 0 bridgehead atoms. The molecule has 0 atom stereocenters. The van der Waals surface area contributed by atoms with Gasteiger partial charge in [0.2, 0.25) is 0 Å². The number of carbonyl (C=O) groups is 1. The minimum absolute atomic E-state index is 0.919. The summed E-state index contributed by atoms with van der Waals surface area (Å²) in [4.78, 5) is 10.00. The Bertz CT molecular complexity index is 200. The van der Waals surface area contributed by atoms with E-state index in [0.717, 1.165) is 18.9 Å². The molecule has 0 unspecified atom stereocenters. The van der Waals surface area contributed by atoms with Crippen LogP contribution >= 0.6 is 0 Å². The zero-order valence-corrected chi connectivity index (χ0v) is 7.23. The van der Waals surface area contributed by atoms with E-state index in [2.05, 4.69) is 6.92 Å². The number of hydrogen-bond donors (Lipinski definition) is 1. The molecule has 0 aliphatic rings. The average molecular weight is 166 g/mol. The third kappa shape index (κ3) is 8.69. The average Bonchev–Trinajstić information content (AvgIpc) is 2.02. The molecule has 0 fully saturated rings. The van der Waals surface area contributed by atoms with Gasteiger partial charge in [-0.3, -0.25) is 0 Å². The summed E-state index contributed by atoms with van der Waals surface area (Å²) in [6, 6.07) is 0. The van der Waals surface area contributed by atoms with Gasteiger partial charge in [-0.2, -0.15) is 0 Å². The van der Waals surface area contributed by atoms with E-state index in [0.29, 0.717) is 0 Å². The quantitative estimate of drug-likeness (QED) is 0.503. The van der Waals surface area contributed by atoms with Gasteiger partial charge in [0.15, 0.2) is 0 Å². The van der Waals surface area contributed by atoms with Crippen LogP contribution in [-0.2, 0) is 4.79 Å². The van der Waals surface area contributed by atoms with Crippen molar-refractivity contribution in [3.05, 3.63) is 36.5 Å². The fraction of sp³-hybridized carbons (Fsp3) is 0.300. The first-order valence-electron chi connectivity index (χ1n) is 4.00. The van der Waals surface area contributed by atoms with Crippen molar-refractivity contribution in [3.63, 3.8) is 0 Å². The highest BCUT2D eigenvalue weighted by Gasteiger charge is 1.79. The number of hydrogen-bond acceptors (Lipinski definition) is 1. The van der Waals surface area contributed by atoms with Crippen LogP contribution in [0.2, 0.25) is 0 Å². The van der Waals surface area contributed by atoms with Gasteiger partial charge in [0.1, 0.15) is 0 Å². The van der Waals surface area contributed by atoms with Crippen LogP contribution in [0.25, 0.3) is 0 Å². The summed E-state index contributed by atoms with van der Waals surface area (Å²) in [6.45, 7) is 2.11. The van der Waals surface area contributed by atoms with Gasteiger partial charge in [-0.25, -0.2) is 4.79 Å². The van der Waals surface area contributed by atoms with Gasteiger partial charge >= 0.3 is 5.97 Å². The molecule has 0 amide bonds. The van der Waals surface area contributed by atoms with Crippen molar-refractivity contribution in [2.24, 2.45) is 0 Å². The van der Waals surface area contributed by atoms with Gasteiger partial charge in [0.25, 0.3) is 0 Å². The smallest absolute Gasteiger partial charge is 0.328 e. The molecule has 0 aromatic carbocycles. The lowest BCUT2D eigenvalue weighted by molar-refractivity contribution is -0.131. The molecule has 0 aromatic rings. The molecule has 0 saturated heterocycles. The van der Waals surface area contributed by atoms with Gasteiger partial charge < -0.3 is 5.11 Å². The van der Waals surface area contributed by atoms with E-state index in [9.17, 15) is 4.79 Å². The predicted molar refractivity (Wildman–Crippen MR) is 50.0 cm³/mol. The van der Waals surface area contributed by atoms with Crippen molar-refractivity contribution in [3.8, 4) is 0 Å². The maximum absolute atomic E-state index is 10.00. The second kappa shape index (κ2) is 7.79. The SMILES string of the molecule is CCC/C=C\C=CC=CC(=O)O. The van der Waals surface area contributed by atoms with Crippen molar-refractivity contribution in [2.75, 3.05) is 0 Å². The Morgan fingerprint density at radius 3 is 2.50 bits per heavy atom. The second-order valence-corrected chi connectivity index (χ2v) is 2.30. The number of allylic oxidation sites excluding steroid dienone is 5. The molecular formula is C10H14O2. The first-order chi connectivity index (χ1) is 5.77. The maximum atomic E-state index is 10.00. The molecule has 0 aromatic heterocycles. The molecule has 0 aliphatic carbocycles. The zero-order chi connectivity index (χ0) is 9.23. The van der Waals surface area contributed by atoms with E-state index < -0.39 is 5.97 Å². The summed E-state index contributed by atoms with van der Waals surface area (Å²) in [5.74, 6) is -0.919. The van der Waals surface area contributed by atoms with E-state index >= 15 is 0 Å². The predicted octanol–water partition coefficient (Wildman–Crippen LogP) is 2.54. The molecule has 2 nitrogen and oxygen atoms in total. The van der Waals surface area contributed by atoms with E-state index in [4.69, 9.17) is 5.11 Å². The minimum atomic E-state index is -0.919. The van der Waals surface area contributed by atoms with Crippen LogP contribution in [0, 0.1) is 0 Å². The number of unbranched alkanes of at least 4 members (excludes halogenated alkanes) is 1. The van der Waals surface area contributed by atoms with Gasteiger partial charge in [-0.15, -0.1) is 0 Å². The molecule has 1 N–H and O–H groups in total. The van der Waals surface area contributed by atoms with E-state index in [-0.39, 0.29) is 0 Å². The molecule has 0 spiro atoms. The summed E-state index contributed by atoms with van der Waals surface area (Å²) in [6.07, 6.45) is 12.3. The molecule has 0 rings (SSSR count). The largest absolute Gasteiger partial charge is 0.478 e. The Morgan fingerprint density at radius 1 is 1.25 bits per heavy atom. The lowest BCUT2D eigenvalue weighted by atomic mass is 10.3. The molecule has 0 aliphatic heterocycles. The Morgan fingerprint density at radius 2 is 1.92 bits per heavy atom. The number of rotatable bonds is 5. The van der Waals surface area contributed by atoms with Crippen molar-refractivity contribution >= 4 is 5.97 Å². The molecule has 0 saturated carbocycles. The molecule has 0 heterocycles. The van der Waals surface area contributed by atoms with Crippen LogP contribution in [0.5, 0.6) is 0 Å². The summed E-state index contributed by atoms with van der Waals surface area (Å²) < 4.78 is 0. The molecule has 12 heavy (non-hydrogen) atoms. The third-order valence-corrected chi connectivity index (χ3v) is 1.16. The monoisotopic (exact) mass is 166 g/mol. The Kier molecular flexibility index (Phi) is 6.94. The first kappa shape index (κ1) is 10.7. The Hall–Kier alpha value is -1.31. The van der Waals surface area contributed by atoms with Gasteiger partial charge in [-0.05, 0) is 6.42 Å². The second-order valence-electron chi connectivity index (χ2n) is 2.30. The van der Waals surface area contributed by atoms with Gasteiger partial charge in [-0.1, -0.05) is 43.7 Å². The Labute approximate surface area is 72.9 Å². The van der Waals surface area contributed by atoms with Crippen LogP contribution in [0.4, 0.5) is 0 Å². The van der Waals surface area contributed by atoms with Gasteiger partial charge in [0.05, 0.1) is 0 Å². The lowest BCUT2D eigenvalue weighted by Gasteiger charge is -1.79. The fourth-order valence-corrected chi connectivity index (χ4v) is 0.608. The highest BCUT2D eigenvalue weighted by Crippen LogP contribution is 1.88. The normalized spacial score (nSPS) is 12.1. The molecule has 66 valence electrons. The van der Waals surface area contributed by atoms with Crippen molar-refractivity contribution in [1.29, 1.82) is 0 Å². The molecule has 2 heteroatoms. The summed E-state index contributed by atoms with van der Waals surface area (Å²) in [7, 11) is 0. The van der Waals surface area contributed by atoms with E-state index in [1.807, 2.05) is 18.2 Å².